The lowest BCUT2D eigenvalue weighted by Gasteiger charge is -2.13. The molecule has 108 valence electrons. The summed E-state index contributed by atoms with van der Waals surface area (Å²) in [5, 5.41) is 0. The standard InChI is InChI=1S/C13H15ClN2O2S2/c1-9(12-5-6-13(14)19-12)16-20(17,18)8-10-3-2-4-11(15)7-10/h2-7,9,16H,8,15H2,1H3. The van der Waals surface area contributed by atoms with Gasteiger partial charge in [0.2, 0.25) is 10.0 Å². The molecule has 0 aliphatic heterocycles. The highest BCUT2D eigenvalue weighted by Gasteiger charge is 2.17. The molecule has 1 unspecified atom stereocenters. The summed E-state index contributed by atoms with van der Waals surface area (Å²) in [5.41, 5.74) is 6.86. The minimum atomic E-state index is -3.43. The zero-order valence-electron chi connectivity index (χ0n) is 10.8. The Bertz CT molecular complexity index is 698. The molecular weight excluding hydrogens is 316 g/mol. The molecule has 0 saturated carbocycles. The van der Waals surface area contributed by atoms with Gasteiger partial charge in [0.15, 0.2) is 0 Å². The predicted molar refractivity (Wildman–Crippen MR) is 84.4 cm³/mol. The zero-order valence-corrected chi connectivity index (χ0v) is 13.2. The Hall–Kier alpha value is -1.08. The van der Waals surface area contributed by atoms with E-state index in [9.17, 15) is 8.42 Å². The van der Waals surface area contributed by atoms with Gasteiger partial charge in [0.25, 0.3) is 0 Å². The number of benzene rings is 1. The van der Waals surface area contributed by atoms with Gasteiger partial charge in [-0.3, -0.25) is 0 Å². The van der Waals surface area contributed by atoms with Crippen LogP contribution in [0.2, 0.25) is 4.34 Å². The number of hydrogen-bond acceptors (Lipinski definition) is 4. The van der Waals surface area contributed by atoms with Crippen molar-refractivity contribution >= 4 is 38.6 Å². The number of thiophene rings is 1. The molecule has 0 aliphatic rings. The SMILES string of the molecule is CC(NS(=O)(=O)Cc1cccc(N)c1)c1ccc(Cl)s1. The number of anilines is 1. The Morgan fingerprint density at radius 3 is 2.70 bits per heavy atom. The minimum Gasteiger partial charge on any atom is -0.399 e. The predicted octanol–water partition coefficient (Wildman–Crippen LogP) is 3.16. The van der Waals surface area contributed by atoms with E-state index in [4.69, 9.17) is 17.3 Å². The minimum absolute atomic E-state index is 0.0957. The molecule has 0 bridgehead atoms. The number of halogens is 1. The third kappa shape index (κ3) is 4.21. The van der Waals surface area contributed by atoms with Crippen molar-refractivity contribution in [3.63, 3.8) is 0 Å². The summed E-state index contributed by atoms with van der Waals surface area (Å²) in [4.78, 5) is 0.881. The molecular formula is C13H15ClN2O2S2. The van der Waals surface area contributed by atoms with Crippen LogP contribution in [-0.4, -0.2) is 8.42 Å². The number of nitrogens with one attached hydrogen (secondary N) is 1. The average Bonchev–Trinajstić information content (AvgIpc) is 2.74. The monoisotopic (exact) mass is 330 g/mol. The highest BCUT2D eigenvalue weighted by Crippen LogP contribution is 2.27. The first kappa shape index (κ1) is 15.3. The van der Waals surface area contributed by atoms with E-state index in [1.165, 1.54) is 11.3 Å². The second-order valence-corrected chi connectivity index (χ2v) is 7.99. The summed E-state index contributed by atoms with van der Waals surface area (Å²) in [6, 6.07) is 10.1. The van der Waals surface area contributed by atoms with Crippen LogP contribution in [-0.2, 0) is 15.8 Å². The molecule has 2 rings (SSSR count). The number of nitrogen functional groups attached to an aromatic ring is 1. The Morgan fingerprint density at radius 1 is 1.35 bits per heavy atom. The van der Waals surface area contributed by atoms with Crippen molar-refractivity contribution in [2.75, 3.05) is 5.73 Å². The summed E-state index contributed by atoms with van der Waals surface area (Å²) in [5.74, 6) is -0.0957. The van der Waals surface area contributed by atoms with Crippen LogP contribution in [0.1, 0.15) is 23.4 Å². The Kier molecular flexibility index (Phi) is 4.70. The fourth-order valence-corrected chi connectivity index (χ4v) is 4.34. The first-order valence-corrected chi connectivity index (χ1v) is 8.80. The average molecular weight is 331 g/mol. The van der Waals surface area contributed by atoms with Gasteiger partial charge in [0.05, 0.1) is 16.1 Å². The molecule has 20 heavy (non-hydrogen) atoms. The van der Waals surface area contributed by atoms with Crippen molar-refractivity contribution in [2.45, 2.75) is 18.7 Å². The van der Waals surface area contributed by atoms with Crippen LogP contribution in [0.25, 0.3) is 0 Å². The van der Waals surface area contributed by atoms with E-state index in [-0.39, 0.29) is 11.8 Å². The van der Waals surface area contributed by atoms with Crippen LogP contribution in [0.3, 0.4) is 0 Å². The molecule has 7 heteroatoms. The smallest absolute Gasteiger partial charge is 0.216 e. The van der Waals surface area contributed by atoms with E-state index in [0.29, 0.717) is 15.6 Å². The van der Waals surface area contributed by atoms with E-state index in [1.54, 1.807) is 37.3 Å². The maximum absolute atomic E-state index is 12.1. The molecule has 0 radical (unpaired) electrons. The van der Waals surface area contributed by atoms with Gasteiger partial charge < -0.3 is 5.73 Å². The van der Waals surface area contributed by atoms with E-state index in [2.05, 4.69) is 4.72 Å². The molecule has 0 fully saturated rings. The molecule has 1 atom stereocenters. The molecule has 1 aromatic carbocycles. The fourth-order valence-electron chi connectivity index (χ4n) is 1.83. The second kappa shape index (κ2) is 6.13. The molecule has 0 spiro atoms. The third-order valence-corrected chi connectivity index (χ3v) is 5.52. The van der Waals surface area contributed by atoms with Gasteiger partial charge in [-0.1, -0.05) is 23.7 Å². The van der Waals surface area contributed by atoms with Crippen molar-refractivity contribution in [3.05, 3.63) is 51.2 Å². The molecule has 3 N–H and O–H groups in total. The Labute approximate surface area is 127 Å². The summed E-state index contributed by atoms with van der Waals surface area (Å²) in [6.45, 7) is 1.79. The Morgan fingerprint density at radius 2 is 2.10 bits per heavy atom. The molecule has 2 aromatic rings. The van der Waals surface area contributed by atoms with Gasteiger partial charge in [-0.05, 0) is 36.8 Å². The Balaban J connectivity index is 2.07. The van der Waals surface area contributed by atoms with Crippen molar-refractivity contribution in [3.8, 4) is 0 Å². The highest BCUT2D eigenvalue weighted by molar-refractivity contribution is 7.88. The molecule has 4 nitrogen and oxygen atoms in total. The van der Waals surface area contributed by atoms with Gasteiger partial charge in [-0.15, -0.1) is 11.3 Å². The van der Waals surface area contributed by atoms with Gasteiger partial charge in [-0.25, -0.2) is 13.1 Å². The molecule has 1 aromatic heterocycles. The first-order chi connectivity index (χ1) is 9.35. The maximum Gasteiger partial charge on any atom is 0.216 e. The van der Waals surface area contributed by atoms with Crippen molar-refractivity contribution < 1.29 is 8.42 Å². The normalized spacial score (nSPS) is 13.3. The largest absolute Gasteiger partial charge is 0.399 e. The fraction of sp³-hybridized carbons (Fsp3) is 0.231. The van der Waals surface area contributed by atoms with E-state index in [0.717, 1.165) is 4.88 Å². The lowest BCUT2D eigenvalue weighted by atomic mass is 10.2. The van der Waals surface area contributed by atoms with E-state index >= 15 is 0 Å². The molecule has 0 aliphatic carbocycles. The van der Waals surface area contributed by atoms with Gasteiger partial charge in [0.1, 0.15) is 0 Å². The van der Waals surface area contributed by atoms with Gasteiger partial charge in [-0.2, -0.15) is 0 Å². The van der Waals surface area contributed by atoms with Crippen LogP contribution in [0.15, 0.2) is 36.4 Å². The van der Waals surface area contributed by atoms with Crippen LogP contribution in [0, 0.1) is 0 Å². The second-order valence-electron chi connectivity index (χ2n) is 4.49. The van der Waals surface area contributed by atoms with Crippen LogP contribution in [0.4, 0.5) is 5.69 Å². The lowest BCUT2D eigenvalue weighted by molar-refractivity contribution is 0.567. The number of hydrogen-bond donors (Lipinski definition) is 2. The lowest BCUT2D eigenvalue weighted by Crippen LogP contribution is -2.27. The van der Waals surface area contributed by atoms with Crippen LogP contribution < -0.4 is 10.5 Å². The molecule has 1 heterocycles. The summed E-state index contributed by atoms with van der Waals surface area (Å²) < 4.78 is 27.5. The highest BCUT2D eigenvalue weighted by atomic mass is 35.5. The van der Waals surface area contributed by atoms with Crippen molar-refractivity contribution in [1.82, 2.24) is 4.72 Å². The number of nitrogens with two attached hydrogens (primary N) is 1. The zero-order chi connectivity index (χ0) is 14.8. The number of rotatable bonds is 5. The molecule has 0 amide bonds. The van der Waals surface area contributed by atoms with Crippen molar-refractivity contribution in [1.29, 1.82) is 0 Å². The van der Waals surface area contributed by atoms with Gasteiger partial charge in [0, 0.05) is 10.6 Å². The van der Waals surface area contributed by atoms with Crippen LogP contribution in [0.5, 0.6) is 0 Å². The maximum atomic E-state index is 12.1. The van der Waals surface area contributed by atoms with Crippen molar-refractivity contribution in [2.24, 2.45) is 0 Å². The van der Waals surface area contributed by atoms with Crippen LogP contribution >= 0.6 is 22.9 Å². The summed E-state index contributed by atoms with van der Waals surface area (Å²) >= 11 is 7.21. The first-order valence-electron chi connectivity index (χ1n) is 5.95. The van der Waals surface area contributed by atoms with Gasteiger partial charge >= 0.3 is 0 Å². The number of sulfonamides is 1. The summed E-state index contributed by atoms with van der Waals surface area (Å²) in [7, 11) is -3.43. The summed E-state index contributed by atoms with van der Waals surface area (Å²) in [6.07, 6.45) is 0. The van der Waals surface area contributed by atoms with E-state index in [1.807, 2.05) is 6.07 Å². The third-order valence-electron chi connectivity index (χ3n) is 2.68. The molecule has 0 saturated heterocycles. The van der Waals surface area contributed by atoms with E-state index < -0.39 is 10.0 Å². The quantitative estimate of drug-likeness (QED) is 0.827. The topological polar surface area (TPSA) is 72.2 Å².